The van der Waals surface area contributed by atoms with Crippen molar-refractivity contribution < 1.29 is 14.3 Å². The molecule has 0 N–H and O–H groups in total. The minimum atomic E-state index is -0.494. The van der Waals surface area contributed by atoms with Gasteiger partial charge in [-0.05, 0) is 77.1 Å². The van der Waals surface area contributed by atoms with E-state index in [1.165, 1.54) is 0 Å². The van der Waals surface area contributed by atoms with Crippen LogP contribution < -0.4 is 0 Å². The monoisotopic (exact) mass is 529 g/mol. The highest BCUT2D eigenvalue weighted by Gasteiger charge is 2.29. The summed E-state index contributed by atoms with van der Waals surface area (Å²) in [4.78, 5) is 23.3. The topological polar surface area (TPSA) is 100 Å². The largest absolute Gasteiger partial charge is 0.444 e. The van der Waals surface area contributed by atoms with Crippen molar-refractivity contribution in [2.75, 3.05) is 19.7 Å². The zero-order valence-corrected chi connectivity index (χ0v) is 22.8. The second-order valence-electron chi connectivity index (χ2n) is 11.3. The van der Waals surface area contributed by atoms with Crippen molar-refractivity contribution in [3.05, 3.63) is 49.1 Å². The molecule has 0 bridgehead atoms. The maximum Gasteiger partial charge on any atom is 0.410 e. The molecular weight excluding hydrogens is 494 g/mol. The maximum atomic E-state index is 12.5. The van der Waals surface area contributed by atoms with E-state index >= 15 is 0 Å². The molecule has 39 heavy (non-hydrogen) atoms. The Morgan fingerprint density at radius 1 is 1.05 bits per heavy atom. The summed E-state index contributed by atoms with van der Waals surface area (Å²) < 4.78 is 15.6. The van der Waals surface area contributed by atoms with Crippen LogP contribution in [0.4, 0.5) is 4.79 Å². The Bertz CT molecular complexity index is 1440. The third-order valence-electron chi connectivity index (χ3n) is 7.32. The van der Waals surface area contributed by atoms with Crippen LogP contribution in [0.5, 0.6) is 0 Å². The van der Waals surface area contributed by atoms with Gasteiger partial charge in [-0.2, -0.15) is 10.2 Å². The molecule has 0 aromatic carbocycles. The Kier molecular flexibility index (Phi) is 6.80. The van der Waals surface area contributed by atoms with Crippen molar-refractivity contribution in [2.45, 2.75) is 70.7 Å². The normalized spacial score (nSPS) is 18.9. The lowest BCUT2D eigenvalue weighted by Gasteiger charge is -2.33. The van der Waals surface area contributed by atoms with E-state index in [2.05, 4.69) is 11.1 Å². The fourth-order valence-electron chi connectivity index (χ4n) is 5.34. The molecule has 2 fully saturated rings. The van der Waals surface area contributed by atoms with Gasteiger partial charge in [0.2, 0.25) is 0 Å². The van der Waals surface area contributed by atoms with Gasteiger partial charge in [0.15, 0.2) is 6.23 Å². The van der Waals surface area contributed by atoms with Gasteiger partial charge >= 0.3 is 6.09 Å². The predicted molar refractivity (Wildman–Crippen MR) is 147 cm³/mol. The van der Waals surface area contributed by atoms with Crippen molar-refractivity contribution in [2.24, 2.45) is 0 Å². The van der Waals surface area contributed by atoms with Gasteiger partial charge < -0.3 is 14.4 Å². The van der Waals surface area contributed by atoms with Crippen LogP contribution in [0.15, 0.2) is 49.1 Å². The van der Waals surface area contributed by atoms with E-state index in [4.69, 9.17) is 24.7 Å². The van der Waals surface area contributed by atoms with Gasteiger partial charge in [-0.15, -0.1) is 0 Å². The van der Waals surface area contributed by atoms with Gasteiger partial charge in [0, 0.05) is 49.2 Å². The number of ether oxygens (including phenoxy) is 2. The molecule has 1 amide bonds. The highest BCUT2D eigenvalue weighted by Crippen LogP contribution is 2.34. The summed E-state index contributed by atoms with van der Waals surface area (Å²) in [6.45, 7) is 7.70. The molecule has 6 heterocycles. The first kappa shape index (κ1) is 25.5. The standard InChI is InChI=1S/C29H35N7O3/c1-29(2,3)39-28(37)34-13-9-21(10-14-34)35-15-11-23(32-35)27-22-17-24(20-7-6-12-30-18-20)31-19-25(22)36(33-27)26-8-4-5-16-38-26/h6-7,11-12,15,17-19,21,26H,4-5,8-10,13-14,16H2,1-3H3. The Labute approximate surface area is 227 Å². The summed E-state index contributed by atoms with van der Waals surface area (Å²) in [6, 6.07) is 8.23. The number of carbonyl (C=O) groups excluding carboxylic acids is 1. The third-order valence-corrected chi connectivity index (χ3v) is 7.32. The number of carbonyl (C=O) groups is 1. The van der Waals surface area contributed by atoms with E-state index in [1.807, 2.05) is 66.9 Å². The summed E-state index contributed by atoms with van der Waals surface area (Å²) in [7, 11) is 0. The molecule has 2 aliphatic rings. The van der Waals surface area contributed by atoms with Crippen molar-refractivity contribution in [3.8, 4) is 22.6 Å². The molecule has 2 aliphatic heterocycles. The van der Waals surface area contributed by atoms with Crippen LogP contribution in [-0.4, -0.2) is 65.8 Å². The minimum absolute atomic E-state index is 0.111. The minimum Gasteiger partial charge on any atom is -0.444 e. The zero-order chi connectivity index (χ0) is 27.0. The molecule has 10 nitrogen and oxygen atoms in total. The summed E-state index contributed by atoms with van der Waals surface area (Å²) >= 11 is 0. The van der Waals surface area contributed by atoms with Crippen LogP contribution in [0, 0.1) is 0 Å². The van der Waals surface area contributed by atoms with Crippen LogP contribution in [0.1, 0.15) is 65.1 Å². The Hall–Kier alpha value is -3.79. The average molecular weight is 530 g/mol. The molecule has 0 radical (unpaired) electrons. The summed E-state index contributed by atoms with van der Waals surface area (Å²) in [6.07, 6.45) is 11.9. The first-order valence-electron chi connectivity index (χ1n) is 13.8. The highest BCUT2D eigenvalue weighted by molar-refractivity contribution is 5.94. The fraction of sp³-hybridized carbons (Fsp3) is 0.483. The summed E-state index contributed by atoms with van der Waals surface area (Å²) in [5.74, 6) is 0. The lowest BCUT2D eigenvalue weighted by Crippen LogP contribution is -2.42. The van der Waals surface area contributed by atoms with Crippen molar-refractivity contribution in [1.82, 2.24) is 34.4 Å². The Morgan fingerprint density at radius 2 is 1.90 bits per heavy atom. The number of aromatic nitrogens is 6. The number of nitrogens with zero attached hydrogens (tertiary/aromatic N) is 7. The Morgan fingerprint density at radius 3 is 2.62 bits per heavy atom. The van der Waals surface area contributed by atoms with Gasteiger partial charge in [-0.25, -0.2) is 9.48 Å². The van der Waals surface area contributed by atoms with Crippen molar-refractivity contribution in [1.29, 1.82) is 0 Å². The van der Waals surface area contributed by atoms with E-state index < -0.39 is 5.60 Å². The van der Waals surface area contributed by atoms with Crippen molar-refractivity contribution >= 4 is 17.0 Å². The van der Waals surface area contributed by atoms with Crippen LogP contribution >= 0.6 is 0 Å². The van der Waals surface area contributed by atoms with Crippen LogP contribution in [0.25, 0.3) is 33.5 Å². The highest BCUT2D eigenvalue weighted by atomic mass is 16.6. The second kappa shape index (κ2) is 10.4. The number of hydrogen-bond acceptors (Lipinski definition) is 7. The smallest absolute Gasteiger partial charge is 0.410 e. The van der Waals surface area contributed by atoms with Crippen LogP contribution in [-0.2, 0) is 9.47 Å². The SMILES string of the molecule is CC(C)(C)OC(=O)N1CCC(n2ccc(-c3nn(C4CCCCO4)c4cnc(-c5cccnc5)cc34)n2)CC1. The predicted octanol–water partition coefficient (Wildman–Crippen LogP) is 5.63. The van der Waals surface area contributed by atoms with Gasteiger partial charge in [0.05, 0.1) is 23.4 Å². The maximum absolute atomic E-state index is 12.5. The van der Waals surface area contributed by atoms with Crippen LogP contribution in [0.2, 0.25) is 0 Å². The molecule has 4 aromatic heterocycles. The first-order chi connectivity index (χ1) is 18.9. The quantitative estimate of drug-likeness (QED) is 0.338. The molecule has 204 valence electrons. The number of piperidine rings is 1. The van der Waals surface area contributed by atoms with Gasteiger partial charge in [-0.1, -0.05) is 0 Å². The van der Waals surface area contributed by atoms with E-state index in [9.17, 15) is 4.79 Å². The fourth-order valence-corrected chi connectivity index (χ4v) is 5.34. The average Bonchev–Trinajstić information content (AvgIpc) is 3.58. The zero-order valence-electron chi connectivity index (χ0n) is 22.8. The van der Waals surface area contributed by atoms with E-state index in [0.29, 0.717) is 13.1 Å². The Balaban J connectivity index is 1.28. The number of pyridine rings is 2. The number of likely N-dealkylation sites (tertiary alicyclic amines) is 1. The number of hydrogen-bond donors (Lipinski definition) is 0. The summed E-state index contributed by atoms with van der Waals surface area (Å²) in [5.41, 5.74) is 3.87. The first-order valence-corrected chi connectivity index (χ1v) is 13.8. The molecule has 10 heteroatoms. The van der Waals surface area contributed by atoms with Crippen molar-refractivity contribution in [3.63, 3.8) is 0 Å². The third kappa shape index (κ3) is 5.38. The van der Waals surface area contributed by atoms with Gasteiger partial charge in [0.1, 0.15) is 17.0 Å². The van der Waals surface area contributed by atoms with E-state index in [-0.39, 0.29) is 18.4 Å². The van der Waals surface area contributed by atoms with Crippen LogP contribution in [0.3, 0.4) is 0 Å². The second-order valence-corrected chi connectivity index (χ2v) is 11.3. The molecule has 0 saturated carbocycles. The molecule has 1 unspecified atom stereocenters. The molecule has 0 aliphatic carbocycles. The molecule has 6 rings (SSSR count). The van der Waals surface area contributed by atoms with Gasteiger partial charge in [0.25, 0.3) is 0 Å². The number of amides is 1. The number of fused-ring (bicyclic) bond motifs is 1. The summed E-state index contributed by atoms with van der Waals surface area (Å²) in [5, 5.41) is 11.0. The van der Waals surface area contributed by atoms with E-state index in [1.54, 1.807) is 11.1 Å². The lowest BCUT2D eigenvalue weighted by atomic mass is 10.1. The lowest BCUT2D eigenvalue weighted by molar-refractivity contribution is -0.0365. The number of rotatable bonds is 4. The molecule has 4 aromatic rings. The molecule has 2 saturated heterocycles. The van der Waals surface area contributed by atoms with Gasteiger partial charge in [-0.3, -0.25) is 14.6 Å². The molecule has 1 atom stereocenters. The molecule has 0 spiro atoms. The van der Waals surface area contributed by atoms with E-state index in [0.717, 1.165) is 72.3 Å². The molecular formula is C29H35N7O3.